The summed E-state index contributed by atoms with van der Waals surface area (Å²) in [5, 5.41) is 0. The summed E-state index contributed by atoms with van der Waals surface area (Å²) in [5.74, 6) is -0.210. The van der Waals surface area contributed by atoms with Gasteiger partial charge in [-0.05, 0) is 23.8 Å². The normalized spacial score (nSPS) is 13.5. The molecule has 0 amide bonds. The minimum Gasteiger partial charge on any atom is -0.338 e. The fourth-order valence-corrected chi connectivity index (χ4v) is 2.00. The van der Waals surface area contributed by atoms with E-state index in [1.807, 2.05) is 0 Å². The first kappa shape index (κ1) is 14.5. The van der Waals surface area contributed by atoms with E-state index in [1.54, 1.807) is 17.8 Å². The van der Waals surface area contributed by atoms with Gasteiger partial charge in [0, 0.05) is 31.9 Å². The zero-order chi connectivity index (χ0) is 14.9. The predicted octanol–water partition coefficient (Wildman–Crippen LogP) is 2.82. The molecule has 0 radical (unpaired) electrons. The van der Waals surface area contributed by atoms with Crippen molar-refractivity contribution in [2.75, 3.05) is 0 Å². The number of halogens is 4. The third-order valence-electron chi connectivity index (χ3n) is 3.04. The monoisotopic (exact) mass is 287 g/mol. The fraction of sp³-hybridized carbons (Fsp3) is 0.308. The van der Waals surface area contributed by atoms with Crippen LogP contribution in [0, 0.1) is 5.82 Å². The number of alkyl halides is 3. The summed E-state index contributed by atoms with van der Waals surface area (Å²) in [6, 6.07) is 1.34. The van der Waals surface area contributed by atoms with Gasteiger partial charge in [-0.1, -0.05) is 0 Å². The second-order valence-electron chi connectivity index (χ2n) is 4.49. The Morgan fingerprint density at radius 1 is 1.35 bits per heavy atom. The highest BCUT2D eigenvalue weighted by molar-refractivity contribution is 5.33. The molecule has 1 atom stereocenters. The number of imidazole rings is 1. The van der Waals surface area contributed by atoms with Crippen LogP contribution in [-0.4, -0.2) is 9.55 Å². The molecule has 1 aromatic heterocycles. The van der Waals surface area contributed by atoms with Gasteiger partial charge in [0.15, 0.2) is 0 Å². The maximum absolute atomic E-state index is 13.2. The molecule has 0 aliphatic carbocycles. The molecular formula is C13H13F4N3. The van der Waals surface area contributed by atoms with Crippen LogP contribution in [0.15, 0.2) is 30.6 Å². The summed E-state index contributed by atoms with van der Waals surface area (Å²) in [7, 11) is 1.71. The Morgan fingerprint density at radius 2 is 2.05 bits per heavy atom. The van der Waals surface area contributed by atoms with E-state index in [9.17, 15) is 17.6 Å². The Labute approximate surface area is 113 Å². The molecule has 3 nitrogen and oxygen atoms in total. The standard InChI is InChI=1S/C13H13F4N3/c1-20-5-4-19-12(20)7-11(18)9-6-8(14)2-3-10(9)13(15,16)17/h2-6,11H,7,18H2,1H3. The summed E-state index contributed by atoms with van der Waals surface area (Å²) < 4.78 is 53.6. The second kappa shape index (κ2) is 5.24. The van der Waals surface area contributed by atoms with Gasteiger partial charge in [-0.25, -0.2) is 9.37 Å². The number of hydrogen-bond acceptors (Lipinski definition) is 2. The Balaban J connectivity index is 2.36. The smallest absolute Gasteiger partial charge is 0.338 e. The molecule has 0 fully saturated rings. The van der Waals surface area contributed by atoms with Crippen LogP contribution >= 0.6 is 0 Å². The number of nitrogens with zero attached hydrogens (tertiary/aromatic N) is 2. The van der Waals surface area contributed by atoms with Crippen LogP contribution in [0.3, 0.4) is 0 Å². The molecule has 2 N–H and O–H groups in total. The van der Waals surface area contributed by atoms with Crippen molar-refractivity contribution in [3.8, 4) is 0 Å². The first-order chi connectivity index (χ1) is 9.29. The van der Waals surface area contributed by atoms with Gasteiger partial charge in [0.2, 0.25) is 0 Å². The predicted molar refractivity (Wildman–Crippen MR) is 65.2 cm³/mol. The van der Waals surface area contributed by atoms with Crippen molar-refractivity contribution in [3.63, 3.8) is 0 Å². The topological polar surface area (TPSA) is 43.8 Å². The van der Waals surface area contributed by atoms with E-state index in [2.05, 4.69) is 4.98 Å². The highest BCUT2D eigenvalue weighted by Crippen LogP contribution is 2.35. The maximum atomic E-state index is 13.2. The number of benzene rings is 1. The molecule has 0 bridgehead atoms. The summed E-state index contributed by atoms with van der Waals surface area (Å²) >= 11 is 0. The number of nitrogens with two attached hydrogens (primary N) is 1. The van der Waals surface area contributed by atoms with Crippen LogP contribution in [0.2, 0.25) is 0 Å². The van der Waals surface area contributed by atoms with Crippen LogP contribution < -0.4 is 5.73 Å². The van der Waals surface area contributed by atoms with Gasteiger partial charge in [0.05, 0.1) is 5.56 Å². The molecule has 2 aromatic rings. The first-order valence-corrected chi connectivity index (χ1v) is 5.87. The van der Waals surface area contributed by atoms with Crippen molar-refractivity contribution in [2.24, 2.45) is 12.8 Å². The molecule has 1 heterocycles. The Bertz CT molecular complexity index is 604. The molecule has 0 aliphatic rings. The third kappa shape index (κ3) is 2.98. The molecule has 0 aliphatic heterocycles. The van der Waals surface area contributed by atoms with Crippen molar-refractivity contribution in [1.29, 1.82) is 0 Å². The minimum absolute atomic E-state index is 0.0933. The minimum atomic E-state index is -4.57. The van der Waals surface area contributed by atoms with Crippen LogP contribution in [0.5, 0.6) is 0 Å². The quantitative estimate of drug-likeness (QED) is 0.882. The van der Waals surface area contributed by atoms with E-state index in [1.165, 1.54) is 6.20 Å². The number of rotatable bonds is 3. The van der Waals surface area contributed by atoms with Crippen LogP contribution in [0.4, 0.5) is 17.6 Å². The lowest BCUT2D eigenvalue weighted by Crippen LogP contribution is -2.21. The van der Waals surface area contributed by atoms with E-state index < -0.39 is 23.6 Å². The number of aryl methyl sites for hydroxylation is 1. The summed E-state index contributed by atoms with van der Waals surface area (Å²) in [5.41, 5.74) is 4.62. The van der Waals surface area contributed by atoms with E-state index in [0.717, 1.165) is 12.1 Å². The molecule has 108 valence electrons. The summed E-state index contributed by atoms with van der Waals surface area (Å²) in [4.78, 5) is 4.00. The van der Waals surface area contributed by atoms with Gasteiger partial charge in [0.1, 0.15) is 11.6 Å². The third-order valence-corrected chi connectivity index (χ3v) is 3.04. The molecule has 1 aromatic carbocycles. The van der Waals surface area contributed by atoms with E-state index in [4.69, 9.17) is 5.73 Å². The lowest BCUT2D eigenvalue weighted by Gasteiger charge is -2.18. The number of aromatic nitrogens is 2. The lowest BCUT2D eigenvalue weighted by atomic mass is 9.97. The average Bonchev–Trinajstić information content (AvgIpc) is 2.73. The molecule has 2 rings (SSSR count). The summed E-state index contributed by atoms with van der Waals surface area (Å²) in [6.07, 6.45) is -1.28. The van der Waals surface area contributed by atoms with Crippen molar-refractivity contribution >= 4 is 0 Å². The molecule has 0 saturated heterocycles. The van der Waals surface area contributed by atoms with Gasteiger partial charge in [-0.3, -0.25) is 0 Å². The summed E-state index contributed by atoms with van der Waals surface area (Å²) in [6.45, 7) is 0. The van der Waals surface area contributed by atoms with Crippen LogP contribution in [0.1, 0.15) is 23.0 Å². The average molecular weight is 287 g/mol. The zero-order valence-electron chi connectivity index (χ0n) is 10.7. The fourth-order valence-electron chi connectivity index (χ4n) is 2.00. The van der Waals surface area contributed by atoms with Crippen molar-refractivity contribution in [2.45, 2.75) is 18.6 Å². The largest absolute Gasteiger partial charge is 0.416 e. The second-order valence-corrected chi connectivity index (χ2v) is 4.49. The SMILES string of the molecule is Cn1ccnc1CC(N)c1cc(F)ccc1C(F)(F)F. The van der Waals surface area contributed by atoms with Gasteiger partial charge in [0.25, 0.3) is 0 Å². The molecule has 0 spiro atoms. The molecule has 1 unspecified atom stereocenters. The van der Waals surface area contributed by atoms with Gasteiger partial charge in [-0.15, -0.1) is 0 Å². The Hall–Kier alpha value is -1.89. The highest BCUT2D eigenvalue weighted by Gasteiger charge is 2.35. The van der Waals surface area contributed by atoms with Crippen molar-refractivity contribution in [3.05, 3.63) is 53.4 Å². The lowest BCUT2D eigenvalue weighted by molar-refractivity contribution is -0.138. The molecular weight excluding hydrogens is 274 g/mol. The zero-order valence-corrected chi connectivity index (χ0v) is 10.7. The van der Waals surface area contributed by atoms with Crippen LogP contribution in [0.25, 0.3) is 0 Å². The van der Waals surface area contributed by atoms with Gasteiger partial charge in [-0.2, -0.15) is 13.2 Å². The highest BCUT2D eigenvalue weighted by atomic mass is 19.4. The van der Waals surface area contributed by atoms with Gasteiger partial charge < -0.3 is 10.3 Å². The van der Waals surface area contributed by atoms with Crippen molar-refractivity contribution in [1.82, 2.24) is 9.55 Å². The van der Waals surface area contributed by atoms with Crippen molar-refractivity contribution < 1.29 is 17.6 Å². The van der Waals surface area contributed by atoms with E-state index >= 15 is 0 Å². The number of hydrogen-bond donors (Lipinski definition) is 1. The molecule has 0 saturated carbocycles. The van der Waals surface area contributed by atoms with E-state index in [-0.39, 0.29) is 12.0 Å². The maximum Gasteiger partial charge on any atom is 0.416 e. The Kier molecular flexibility index (Phi) is 3.80. The van der Waals surface area contributed by atoms with E-state index in [0.29, 0.717) is 11.9 Å². The van der Waals surface area contributed by atoms with Crippen LogP contribution in [-0.2, 0) is 19.6 Å². The Morgan fingerprint density at radius 3 is 2.60 bits per heavy atom. The van der Waals surface area contributed by atoms with Gasteiger partial charge >= 0.3 is 6.18 Å². The molecule has 20 heavy (non-hydrogen) atoms. The first-order valence-electron chi connectivity index (χ1n) is 5.87. The molecule has 7 heteroatoms.